The van der Waals surface area contributed by atoms with Gasteiger partial charge in [-0.2, -0.15) is 11.8 Å². The Bertz CT molecular complexity index is 705. The van der Waals surface area contributed by atoms with E-state index in [2.05, 4.69) is 10.6 Å². The van der Waals surface area contributed by atoms with Crippen LogP contribution < -0.4 is 16.4 Å². The van der Waals surface area contributed by atoms with E-state index in [1.54, 1.807) is 6.26 Å². The fourth-order valence-corrected chi connectivity index (χ4v) is 3.80. The van der Waals surface area contributed by atoms with Crippen molar-refractivity contribution in [1.29, 1.82) is 0 Å². The highest BCUT2D eigenvalue weighted by atomic mass is 32.2. The topological polar surface area (TPSA) is 199 Å². The van der Waals surface area contributed by atoms with Crippen molar-refractivity contribution in [1.82, 2.24) is 15.5 Å². The molecule has 0 aromatic carbocycles. The lowest BCUT2D eigenvalue weighted by Gasteiger charge is -2.29. The number of aliphatic carboxylic acids is 2. The summed E-state index contributed by atoms with van der Waals surface area (Å²) >= 11 is 1.41. The normalized spacial score (nSPS) is 19.5. The molecule has 32 heavy (non-hydrogen) atoms. The number of likely N-dealkylation sites (tertiary alicyclic amines) is 1. The molecule has 0 saturated carbocycles. The van der Waals surface area contributed by atoms with E-state index in [4.69, 9.17) is 10.8 Å². The third kappa shape index (κ3) is 8.28. The zero-order valence-corrected chi connectivity index (χ0v) is 19.0. The van der Waals surface area contributed by atoms with Crippen LogP contribution in [-0.4, -0.2) is 98.7 Å². The van der Waals surface area contributed by atoms with Crippen LogP contribution in [0.3, 0.4) is 0 Å². The summed E-state index contributed by atoms with van der Waals surface area (Å²) in [5.74, 6) is -3.93. The average molecular weight is 477 g/mol. The van der Waals surface area contributed by atoms with Gasteiger partial charge in [0.2, 0.25) is 17.7 Å². The lowest BCUT2D eigenvalue weighted by atomic mass is 10.1. The minimum Gasteiger partial charge on any atom is -0.481 e. The summed E-state index contributed by atoms with van der Waals surface area (Å²) in [6.07, 6.45) is 1.09. The first-order chi connectivity index (χ1) is 15.0. The number of nitrogens with one attached hydrogen (secondary N) is 2. The number of thioether (sulfide) groups is 1. The number of amides is 3. The number of nitrogens with zero attached hydrogens (tertiary/aromatic N) is 1. The Labute approximate surface area is 190 Å². The van der Waals surface area contributed by atoms with Gasteiger partial charge in [-0.05, 0) is 44.6 Å². The van der Waals surface area contributed by atoms with Gasteiger partial charge in [-0.3, -0.25) is 19.2 Å². The number of carbonyl (C=O) groups is 5. The maximum absolute atomic E-state index is 12.8. The number of carbonyl (C=O) groups excluding carboxylic acids is 3. The zero-order chi connectivity index (χ0) is 24.4. The predicted molar refractivity (Wildman–Crippen MR) is 116 cm³/mol. The lowest BCUT2D eigenvalue weighted by molar-refractivity contribution is -0.144. The first-order valence-electron chi connectivity index (χ1n) is 10.3. The van der Waals surface area contributed by atoms with Crippen LogP contribution in [-0.2, 0) is 24.0 Å². The van der Waals surface area contributed by atoms with Crippen molar-refractivity contribution in [2.45, 2.75) is 69.3 Å². The summed E-state index contributed by atoms with van der Waals surface area (Å²) in [5.41, 5.74) is 5.78. The van der Waals surface area contributed by atoms with E-state index in [1.165, 1.54) is 23.6 Å². The number of carboxylic acids is 2. The van der Waals surface area contributed by atoms with Gasteiger partial charge in [0.25, 0.3) is 0 Å². The second-order valence-electron chi connectivity index (χ2n) is 7.64. The van der Waals surface area contributed by atoms with Gasteiger partial charge in [0.1, 0.15) is 18.1 Å². The third-order valence-corrected chi connectivity index (χ3v) is 5.76. The van der Waals surface area contributed by atoms with Gasteiger partial charge >= 0.3 is 11.9 Å². The second-order valence-corrected chi connectivity index (χ2v) is 8.62. The van der Waals surface area contributed by atoms with Crippen LogP contribution in [0.15, 0.2) is 0 Å². The van der Waals surface area contributed by atoms with Crippen molar-refractivity contribution in [3.63, 3.8) is 0 Å². The molecule has 182 valence electrons. The molecule has 1 rings (SSSR count). The summed E-state index contributed by atoms with van der Waals surface area (Å²) in [5, 5.41) is 32.8. The highest BCUT2D eigenvalue weighted by Gasteiger charge is 2.38. The van der Waals surface area contributed by atoms with Gasteiger partial charge in [0.15, 0.2) is 0 Å². The Morgan fingerprint density at radius 1 is 1.16 bits per heavy atom. The molecule has 1 aliphatic heterocycles. The molecular formula is C19H32N4O8S. The number of aliphatic hydroxyl groups is 1. The molecule has 0 bridgehead atoms. The van der Waals surface area contributed by atoms with Crippen molar-refractivity contribution in [3.05, 3.63) is 0 Å². The number of hydrogen-bond donors (Lipinski definition) is 6. The smallest absolute Gasteiger partial charge is 0.326 e. The maximum atomic E-state index is 12.8. The molecule has 5 unspecified atom stereocenters. The molecule has 1 aliphatic rings. The summed E-state index contributed by atoms with van der Waals surface area (Å²) < 4.78 is 0. The number of carboxylic acid groups (broad SMARTS) is 2. The van der Waals surface area contributed by atoms with Crippen LogP contribution in [0.5, 0.6) is 0 Å². The average Bonchev–Trinajstić information content (AvgIpc) is 3.21. The van der Waals surface area contributed by atoms with Crippen LogP contribution in [0.4, 0.5) is 0 Å². The molecule has 13 heteroatoms. The Morgan fingerprint density at radius 3 is 2.34 bits per heavy atom. The standard InChI is InChI=1S/C19H32N4O8S/c1-10(24)15(17(28)21-12(19(30)31)7-9-32-2)22-16(27)13-4-3-8-23(13)18(29)11(20)5-6-14(25)26/h10-13,15,24H,3-9,20H2,1-2H3,(H,21,28)(H,22,27)(H,25,26)(H,30,31). The minimum atomic E-state index is -1.42. The van der Waals surface area contributed by atoms with E-state index in [9.17, 15) is 34.2 Å². The molecule has 0 aliphatic carbocycles. The number of aliphatic hydroxyl groups excluding tert-OH is 1. The van der Waals surface area contributed by atoms with Crippen LogP contribution in [0, 0.1) is 0 Å². The zero-order valence-electron chi connectivity index (χ0n) is 18.2. The van der Waals surface area contributed by atoms with E-state index >= 15 is 0 Å². The fourth-order valence-electron chi connectivity index (χ4n) is 3.33. The van der Waals surface area contributed by atoms with Crippen molar-refractivity contribution < 1.29 is 39.3 Å². The van der Waals surface area contributed by atoms with E-state index < -0.39 is 59.9 Å². The quantitative estimate of drug-likeness (QED) is 0.179. The molecule has 0 radical (unpaired) electrons. The van der Waals surface area contributed by atoms with E-state index in [-0.39, 0.29) is 25.8 Å². The van der Waals surface area contributed by atoms with Crippen molar-refractivity contribution in [3.8, 4) is 0 Å². The highest BCUT2D eigenvalue weighted by Crippen LogP contribution is 2.19. The number of nitrogens with two attached hydrogens (primary N) is 1. The number of rotatable bonds is 13. The minimum absolute atomic E-state index is 0.0790. The molecular weight excluding hydrogens is 444 g/mol. The third-order valence-electron chi connectivity index (χ3n) is 5.11. The molecule has 0 aromatic heterocycles. The van der Waals surface area contributed by atoms with Gasteiger partial charge in [-0.15, -0.1) is 0 Å². The largest absolute Gasteiger partial charge is 0.481 e. The van der Waals surface area contributed by atoms with Crippen molar-refractivity contribution in [2.75, 3.05) is 18.6 Å². The van der Waals surface area contributed by atoms with Crippen LogP contribution in [0.25, 0.3) is 0 Å². The molecule has 1 saturated heterocycles. The van der Waals surface area contributed by atoms with Crippen LogP contribution >= 0.6 is 11.8 Å². The summed E-state index contributed by atoms with van der Waals surface area (Å²) in [4.78, 5) is 61.3. The Kier molecular flexibility index (Phi) is 11.4. The van der Waals surface area contributed by atoms with Crippen LogP contribution in [0.2, 0.25) is 0 Å². The molecule has 1 fully saturated rings. The SMILES string of the molecule is CSCCC(NC(=O)C(NC(=O)C1CCCN1C(=O)C(N)CCC(=O)O)C(C)O)C(=O)O. The molecule has 0 spiro atoms. The Hall–Kier alpha value is -2.38. The lowest BCUT2D eigenvalue weighted by Crippen LogP contribution is -2.59. The fraction of sp³-hybridized carbons (Fsp3) is 0.737. The molecule has 0 aromatic rings. The van der Waals surface area contributed by atoms with Gasteiger partial charge in [-0.1, -0.05) is 0 Å². The Morgan fingerprint density at radius 2 is 1.81 bits per heavy atom. The van der Waals surface area contributed by atoms with Crippen molar-refractivity contribution >= 4 is 41.4 Å². The predicted octanol–water partition coefficient (Wildman–Crippen LogP) is -1.64. The van der Waals surface area contributed by atoms with Gasteiger partial charge in [0.05, 0.1) is 12.1 Å². The summed E-state index contributed by atoms with van der Waals surface area (Å²) in [6.45, 7) is 1.53. The van der Waals surface area contributed by atoms with Gasteiger partial charge in [0, 0.05) is 13.0 Å². The summed E-state index contributed by atoms with van der Waals surface area (Å²) in [6, 6.07) is -4.61. The molecule has 1 heterocycles. The molecule has 5 atom stereocenters. The van der Waals surface area contributed by atoms with E-state index in [0.717, 1.165) is 0 Å². The van der Waals surface area contributed by atoms with E-state index in [0.29, 0.717) is 18.6 Å². The van der Waals surface area contributed by atoms with Crippen molar-refractivity contribution in [2.24, 2.45) is 5.73 Å². The second kappa shape index (κ2) is 13.2. The Balaban J connectivity index is 2.83. The monoisotopic (exact) mass is 476 g/mol. The van der Waals surface area contributed by atoms with Gasteiger partial charge < -0.3 is 36.6 Å². The highest BCUT2D eigenvalue weighted by molar-refractivity contribution is 7.98. The molecule has 12 nitrogen and oxygen atoms in total. The molecule has 3 amide bonds. The number of hydrogen-bond acceptors (Lipinski definition) is 8. The molecule has 7 N–H and O–H groups in total. The first kappa shape index (κ1) is 27.7. The first-order valence-corrected chi connectivity index (χ1v) is 11.7. The maximum Gasteiger partial charge on any atom is 0.326 e. The van der Waals surface area contributed by atoms with Gasteiger partial charge in [-0.25, -0.2) is 4.79 Å². The van der Waals surface area contributed by atoms with E-state index in [1.807, 2.05) is 0 Å². The van der Waals surface area contributed by atoms with Crippen LogP contribution in [0.1, 0.15) is 39.0 Å². The summed E-state index contributed by atoms with van der Waals surface area (Å²) in [7, 11) is 0.